The van der Waals surface area contributed by atoms with Crippen molar-refractivity contribution >= 4 is 23.2 Å². The highest BCUT2D eigenvalue weighted by Crippen LogP contribution is 2.42. The van der Waals surface area contributed by atoms with E-state index in [9.17, 15) is 9.59 Å². The molecule has 1 aliphatic rings. The topological polar surface area (TPSA) is 66.7 Å². The first-order valence-corrected chi connectivity index (χ1v) is 10.2. The van der Waals surface area contributed by atoms with Crippen LogP contribution in [-0.4, -0.2) is 23.0 Å². The van der Waals surface area contributed by atoms with Gasteiger partial charge in [0.1, 0.15) is 5.76 Å². The van der Waals surface area contributed by atoms with E-state index in [0.29, 0.717) is 24.3 Å². The number of aryl methyl sites for hydroxylation is 1. The smallest absolute Gasteiger partial charge is 0.280 e. The van der Waals surface area contributed by atoms with Crippen molar-refractivity contribution in [1.29, 1.82) is 0 Å². The normalized spacial score (nSPS) is 18.0. The molecule has 0 spiro atoms. The lowest BCUT2D eigenvalue weighted by atomic mass is 9.89. The second-order valence-electron chi connectivity index (χ2n) is 7.59. The molecule has 30 heavy (non-hydrogen) atoms. The molecule has 2 heterocycles. The van der Waals surface area contributed by atoms with Gasteiger partial charge in [-0.2, -0.15) is 0 Å². The summed E-state index contributed by atoms with van der Waals surface area (Å²) in [6, 6.07) is 18.9. The molecule has 2 aromatic carbocycles. The van der Waals surface area contributed by atoms with Crippen LogP contribution in [0.25, 0.3) is 0 Å². The van der Waals surface area contributed by atoms with Crippen LogP contribution in [0.15, 0.2) is 65.2 Å². The Morgan fingerprint density at radius 3 is 2.50 bits per heavy atom. The highest BCUT2D eigenvalue weighted by atomic mass is 16.5. The number of nitrogens with zero attached hydrogens (tertiary/aromatic N) is 3. The number of para-hydroxylation sites is 2. The average molecular weight is 403 g/mol. The summed E-state index contributed by atoms with van der Waals surface area (Å²) in [6.45, 7) is 5.54. The predicted molar refractivity (Wildman–Crippen MR) is 116 cm³/mol. The number of fused-ring (bicyclic) bond motifs is 1. The Morgan fingerprint density at radius 1 is 1.13 bits per heavy atom. The van der Waals surface area contributed by atoms with Crippen LogP contribution in [0.1, 0.15) is 55.0 Å². The zero-order valence-corrected chi connectivity index (χ0v) is 17.4. The van der Waals surface area contributed by atoms with Gasteiger partial charge in [0.2, 0.25) is 5.91 Å². The molecule has 2 amide bonds. The summed E-state index contributed by atoms with van der Waals surface area (Å²) < 4.78 is 5.25. The van der Waals surface area contributed by atoms with Crippen molar-refractivity contribution < 1.29 is 14.1 Å². The maximum atomic E-state index is 13.3. The van der Waals surface area contributed by atoms with Crippen molar-refractivity contribution in [2.24, 2.45) is 0 Å². The third-order valence-electron chi connectivity index (χ3n) is 5.59. The zero-order valence-electron chi connectivity index (χ0n) is 17.4. The van der Waals surface area contributed by atoms with Crippen molar-refractivity contribution in [2.75, 3.05) is 9.80 Å². The Morgan fingerprint density at radius 2 is 1.83 bits per heavy atom. The van der Waals surface area contributed by atoms with Crippen LogP contribution >= 0.6 is 0 Å². The molecular formula is C24H25N3O3. The standard InChI is InChI=1S/C24H25N3O3/c1-4-19-15-21(25-30-19)24(29)26-16(2)14-23(20-12-8-9-13-22(20)26)27(17(3)28)18-10-6-5-7-11-18/h5-13,15-16,23H,4,14H2,1-3H3/t16-,23+/m0/s1. The number of hydrogen-bond acceptors (Lipinski definition) is 4. The van der Waals surface area contributed by atoms with Crippen LogP contribution < -0.4 is 9.80 Å². The number of hydrogen-bond donors (Lipinski definition) is 0. The number of anilines is 2. The fraction of sp³-hybridized carbons (Fsp3) is 0.292. The van der Waals surface area contributed by atoms with E-state index in [2.05, 4.69) is 5.16 Å². The number of benzene rings is 2. The maximum Gasteiger partial charge on any atom is 0.280 e. The fourth-order valence-electron chi connectivity index (χ4n) is 4.21. The predicted octanol–water partition coefficient (Wildman–Crippen LogP) is 4.77. The molecule has 4 rings (SSSR count). The molecule has 0 N–H and O–H groups in total. The molecule has 1 aromatic heterocycles. The monoisotopic (exact) mass is 403 g/mol. The van der Waals surface area contributed by atoms with Gasteiger partial charge in [0.15, 0.2) is 5.69 Å². The van der Waals surface area contributed by atoms with Gasteiger partial charge in [0.25, 0.3) is 5.91 Å². The minimum absolute atomic E-state index is 0.0305. The highest BCUT2D eigenvalue weighted by Gasteiger charge is 2.38. The van der Waals surface area contributed by atoms with Gasteiger partial charge in [-0.3, -0.25) is 9.59 Å². The third kappa shape index (κ3) is 3.49. The Kier molecular flexibility index (Phi) is 5.40. The highest BCUT2D eigenvalue weighted by molar-refractivity contribution is 6.06. The Balaban J connectivity index is 1.76. The van der Waals surface area contributed by atoms with Gasteiger partial charge in [0, 0.05) is 36.8 Å². The molecule has 6 heteroatoms. The first-order chi connectivity index (χ1) is 14.5. The van der Waals surface area contributed by atoms with Gasteiger partial charge in [0.05, 0.1) is 6.04 Å². The fourth-order valence-corrected chi connectivity index (χ4v) is 4.21. The zero-order chi connectivity index (χ0) is 21.3. The van der Waals surface area contributed by atoms with Gasteiger partial charge in [-0.1, -0.05) is 48.5 Å². The van der Waals surface area contributed by atoms with Crippen LogP contribution in [0.5, 0.6) is 0 Å². The molecule has 0 saturated carbocycles. The minimum atomic E-state index is -0.189. The SMILES string of the molecule is CCc1cc(C(=O)N2c3ccccc3[C@H](N(C(C)=O)c3ccccc3)C[C@@H]2C)no1. The molecule has 3 aromatic rings. The summed E-state index contributed by atoms with van der Waals surface area (Å²) in [5.74, 6) is 0.462. The average Bonchev–Trinajstić information content (AvgIpc) is 3.23. The van der Waals surface area contributed by atoms with Gasteiger partial charge in [-0.05, 0) is 37.1 Å². The third-order valence-corrected chi connectivity index (χ3v) is 5.59. The summed E-state index contributed by atoms with van der Waals surface area (Å²) in [5.41, 5.74) is 2.90. The molecule has 0 bridgehead atoms. The number of carbonyl (C=O) groups is 2. The summed E-state index contributed by atoms with van der Waals surface area (Å²) in [4.78, 5) is 29.6. The minimum Gasteiger partial charge on any atom is -0.361 e. The number of aromatic nitrogens is 1. The van der Waals surface area contributed by atoms with E-state index in [-0.39, 0.29) is 23.9 Å². The lowest BCUT2D eigenvalue weighted by molar-refractivity contribution is -0.117. The van der Waals surface area contributed by atoms with E-state index in [0.717, 1.165) is 16.9 Å². The van der Waals surface area contributed by atoms with Crippen LogP contribution in [0.3, 0.4) is 0 Å². The maximum absolute atomic E-state index is 13.3. The van der Waals surface area contributed by atoms with Crippen molar-refractivity contribution in [3.8, 4) is 0 Å². The molecule has 1 aliphatic heterocycles. The first kappa shape index (κ1) is 19.9. The van der Waals surface area contributed by atoms with Crippen molar-refractivity contribution in [2.45, 2.75) is 45.7 Å². The van der Waals surface area contributed by atoms with Crippen LogP contribution in [0.2, 0.25) is 0 Å². The van der Waals surface area contributed by atoms with Crippen molar-refractivity contribution in [1.82, 2.24) is 5.16 Å². The summed E-state index contributed by atoms with van der Waals surface area (Å²) >= 11 is 0. The van der Waals surface area contributed by atoms with Crippen LogP contribution in [0, 0.1) is 0 Å². The van der Waals surface area contributed by atoms with E-state index < -0.39 is 0 Å². The van der Waals surface area contributed by atoms with E-state index in [1.165, 1.54) is 0 Å². The molecule has 0 aliphatic carbocycles. The van der Waals surface area contributed by atoms with E-state index in [4.69, 9.17) is 4.52 Å². The van der Waals surface area contributed by atoms with Crippen LogP contribution in [0.4, 0.5) is 11.4 Å². The lowest BCUT2D eigenvalue weighted by Gasteiger charge is -2.43. The van der Waals surface area contributed by atoms with Crippen molar-refractivity contribution in [3.63, 3.8) is 0 Å². The molecule has 6 nitrogen and oxygen atoms in total. The summed E-state index contributed by atoms with van der Waals surface area (Å²) in [7, 11) is 0. The van der Waals surface area contributed by atoms with Gasteiger partial charge >= 0.3 is 0 Å². The van der Waals surface area contributed by atoms with Gasteiger partial charge in [-0.25, -0.2) is 0 Å². The largest absolute Gasteiger partial charge is 0.361 e. The van der Waals surface area contributed by atoms with E-state index >= 15 is 0 Å². The second-order valence-corrected chi connectivity index (χ2v) is 7.59. The first-order valence-electron chi connectivity index (χ1n) is 10.2. The van der Waals surface area contributed by atoms with Gasteiger partial charge in [-0.15, -0.1) is 0 Å². The molecule has 2 atom stereocenters. The molecule has 0 unspecified atom stereocenters. The summed E-state index contributed by atoms with van der Waals surface area (Å²) in [5, 5.41) is 3.97. The number of amides is 2. The molecule has 0 radical (unpaired) electrons. The lowest BCUT2D eigenvalue weighted by Crippen LogP contribution is -2.47. The van der Waals surface area contributed by atoms with Crippen LogP contribution in [-0.2, 0) is 11.2 Å². The Hall–Kier alpha value is -3.41. The molecule has 0 fully saturated rings. The molecular weight excluding hydrogens is 378 g/mol. The number of rotatable bonds is 4. The quantitative estimate of drug-likeness (QED) is 0.629. The molecule has 0 saturated heterocycles. The van der Waals surface area contributed by atoms with Crippen molar-refractivity contribution in [3.05, 3.63) is 77.7 Å². The molecule has 154 valence electrons. The Labute approximate surface area is 176 Å². The summed E-state index contributed by atoms with van der Waals surface area (Å²) in [6.07, 6.45) is 1.30. The van der Waals surface area contributed by atoms with E-state index in [1.807, 2.05) is 73.3 Å². The second kappa shape index (κ2) is 8.14. The number of carbonyl (C=O) groups excluding carboxylic acids is 2. The van der Waals surface area contributed by atoms with E-state index in [1.54, 1.807) is 17.9 Å². The Bertz CT molecular complexity index is 1060. The van der Waals surface area contributed by atoms with Gasteiger partial charge < -0.3 is 14.3 Å².